The molecular formula is C22H19FN2O4S2. The van der Waals surface area contributed by atoms with E-state index in [-0.39, 0.29) is 11.4 Å². The number of methoxy groups -OCH3 is 1. The van der Waals surface area contributed by atoms with Gasteiger partial charge in [-0.1, -0.05) is 18.2 Å². The summed E-state index contributed by atoms with van der Waals surface area (Å²) in [5.41, 5.74) is 2.24. The molecule has 0 bridgehead atoms. The summed E-state index contributed by atoms with van der Waals surface area (Å²) in [6.07, 6.45) is 1.19. The lowest BCUT2D eigenvalue weighted by Gasteiger charge is -2.29. The first-order valence-electron chi connectivity index (χ1n) is 9.32. The van der Waals surface area contributed by atoms with Crippen molar-refractivity contribution in [1.29, 1.82) is 0 Å². The fourth-order valence-corrected chi connectivity index (χ4v) is 5.82. The number of nitrogens with one attached hydrogen (secondary N) is 1. The number of ketones is 1. The summed E-state index contributed by atoms with van der Waals surface area (Å²) in [4.78, 5) is 12.9. The average molecular weight is 459 g/mol. The van der Waals surface area contributed by atoms with E-state index >= 15 is 0 Å². The maximum atomic E-state index is 13.6. The Balaban J connectivity index is 1.76. The van der Waals surface area contributed by atoms with Crippen molar-refractivity contribution in [2.75, 3.05) is 16.7 Å². The van der Waals surface area contributed by atoms with Gasteiger partial charge in [-0.05, 0) is 53.8 Å². The maximum Gasteiger partial charge on any atom is 0.270 e. The van der Waals surface area contributed by atoms with Gasteiger partial charge in [0.15, 0.2) is 4.91 Å². The smallest absolute Gasteiger partial charge is 0.270 e. The van der Waals surface area contributed by atoms with E-state index in [4.69, 9.17) is 4.74 Å². The Kier molecular flexibility index (Phi) is 5.55. The number of anilines is 2. The van der Waals surface area contributed by atoms with E-state index in [0.717, 1.165) is 21.2 Å². The lowest BCUT2D eigenvalue weighted by Crippen LogP contribution is -2.38. The van der Waals surface area contributed by atoms with E-state index in [0.29, 0.717) is 27.6 Å². The van der Waals surface area contributed by atoms with Gasteiger partial charge in [-0.2, -0.15) is 0 Å². The predicted molar refractivity (Wildman–Crippen MR) is 120 cm³/mol. The molecule has 0 spiro atoms. The molecule has 4 rings (SSSR count). The van der Waals surface area contributed by atoms with Crippen LogP contribution in [-0.2, 0) is 16.6 Å². The predicted octanol–water partition coefficient (Wildman–Crippen LogP) is 4.69. The third-order valence-corrected chi connectivity index (χ3v) is 7.51. The van der Waals surface area contributed by atoms with Gasteiger partial charge < -0.3 is 10.1 Å². The number of carbonyl (C=O) groups excluding carboxylic acids is 1. The number of fused-ring (bicyclic) bond motifs is 1. The number of rotatable bonds is 5. The molecule has 1 N–H and O–H groups in total. The van der Waals surface area contributed by atoms with Crippen LogP contribution in [-0.4, -0.2) is 21.3 Å². The first-order valence-corrected chi connectivity index (χ1v) is 11.6. The third-order valence-electron chi connectivity index (χ3n) is 4.84. The minimum atomic E-state index is -4.18. The van der Waals surface area contributed by atoms with Gasteiger partial charge in [-0.25, -0.2) is 12.8 Å². The zero-order valence-corrected chi connectivity index (χ0v) is 18.4. The van der Waals surface area contributed by atoms with Crippen molar-refractivity contribution >= 4 is 38.5 Å². The van der Waals surface area contributed by atoms with Crippen molar-refractivity contribution in [2.24, 2.45) is 0 Å². The van der Waals surface area contributed by atoms with Crippen molar-refractivity contribution in [3.63, 3.8) is 0 Å². The summed E-state index contributed by atoms with van der Waals surface area (Å²) < 4.78 is 46.9. The fraction of sp³-hybridized carbons (Fsp3) is 0.136. The van der Waals surface area contributed by atoms with E-state index in [2.05, 4.69) is 5.32 Å². The molecule has 0 unspecified atom stereocenters. The summed E-state index contributed by atoms with van der Waals surface area (Å²) in [6.45, 7) is 1.79. The van der Waals surface area contributed by atoms with Crippen LogP contribution >= 0.6 is 11.3 Å². The monoisotopic (exact) mass is 458 g/mol. The highest BCUT2D eigenvalue weighted by molar-refractivity contribution is 7.97. The van der Waals surface area contributed by atoms with E-state index in [1.165, 1.54) is 31.5 Å². The standard InChI is InChI=1S/C22H19FN2O4S2/c1-14-6-7-19(29-2)17(10-14)24-12-20-21(26)22-18(8-9-30-22)25(31(20,27)28)13-15-4-3-5-16(23)11-15/h3-12,24H,13H2,1-2H3/b20-12-. The number of benzene rings is 2. The van der Waals surface area contributed by atoms with Crippen molar-refractivity contribution in [2.45, 2.75) is 13.5 Å². The largest absolute Gasteiger partial charge is 0.495 e. The van der Waals surface area contributed by atoms with Crippen LogP contribution in [0.2, 0.25) is 0 Å². The second kappa shape index (κ2) is 8.16. The van der Waals surface area contributed by atoms with Gasteiger partial charge >= 0.3 is 0 Å². The molecule has 0 saturated carbocycles. The van der Waals surface area contributed by atoms with Gasteiger partial charge in [0.1, 0.15) is 16.4 Å². The Labute approximate surface area is 183 Å². The first kappa shape index (κ1) is 21.1. The van der Waals surface area contributed by atoms with E-state index in [1.807, 2.05) is 13.0 Å². The molecule has 1 aromatic heterocycles. The lowest BCUT2D eigenvalue weighted by molar-refractivity contribution is 0.104. The number of thiophene rings is 1. The van der Waals surface area contributed by atoms with Gasteiger partial charge in [-0.3, -0.25) is 9.10 Å². The number of Topliss-reactive ketones (excluding diaryl/α,β-unsaturated/α-hetero) is 1. The fourth-order valence-electron chi connectivity index (χ4n) is 3.34. The highest BCUT2D eigenvalue weighted by Crippen LogP contribution is 2.39. The molecule has 0 amide bonds. The molecule has 9 heteroatoms. The van der Waals surface area contributed by atoms with Gasteiger partial charge in [0.05, 0.1) is 25.0 Å². The number of ether oxygens (including phenoxy) is 1. The van der Waals surface area contributed by atoms with Crippen LogP contribution < -0.4 is 14.4 Å². The van der Waals surface area contributed by atoms with E-state index in [1.54, 1.807) is 29.6 Å². The molecule has 6 nitrogen and oxygen atoms in total. The number of hydrogen-bond donors (Lipinski definition) is 1. The summed E-state index contributed by atoms with van der Waals surface area (Å²) in [6, 6.07) is 12.7. The Bertz CT molecular complexity index is 1300. The first-order chi connectivity index (χ1) is 14.8. The third kappa shape index (κ3) is 3.94. The normalized spacial score (nSPS) is 16.3. The number of aryl methyl sites for hydroxylation is 1. The molecule has 0 aliphatic carbocycles. The molecule has 2 aromatic carbocycles. The van der Waals surface area contributed by atoms with Crippen LogP contribution in [0.15, 0.2) is 65.0 Å². The topological polar surface area (TPSA) is 75.7 Å². The molecule has 0 radical (unpaired) electrons. The summed E-state index contributed by atoms with van der Waals surface area (Å²) in [5, 5.41) is 4.57. The molecule has 0 atom stereocenters. The molecule has 1 aliphatic rings. The van der Waals surface area contributed by atoms with E-state index in [9.17, 15) is 17.6 Å². The summed E-state index contributed by atoms with van der Waals surface area (Å²) in [7, 11) is -2.68. The second-order valence-electron chi connectivity index (χ2n) is 6.96. The second-order valence-corrected chi connectivity index (χ2v) is 9.71. The van der Waals surface area contributed by atoms with Gasteiger partial charge in [0, 0.05) is 6.20 Å². The Morgan fingerprint density at radius 1 is 1.19 bits per heavy atom. The number of hydrogen-bond acceptors (Lipinski definition) is 6. The minimum absolute atomic E-state index is 0.0950. The summed E-state index contributed by atoms with van der Waals surface area (Å²) >= 11 is 1.16. The minimum Gasteiger partial charge on any atom is -0.495 e. The average Bonchev–Trinajstić information content (AvgIpc) is 3.21. The zero-order chi connectivity index (χ0) is 22.2. The number of allylic oxidation sites excluding steroid dienone is 1. The molecular weight excluding hydrogens is 439 g/mol. The summed E-state index contributed by atoms with van der Waals surface area (Å²) in [5.74, 6) is -0.534. The van der Waals surface area contributed by atoms with Crippen molar-refractivity contribution in [1.82, 2.24) is 0 Å². The molecule has 0 saturated heterocycles. The van der Waals surface area contributed by atoms with Crippen LogP contribution in [0.25, 0.3) is 0 Å². The van der Waals surface area contributed by atoms with Crippen LogP contribution in [0.5, 0.6) is 5.75 Å². The van der Waals surface area contributed by atoms with Crippen molar-refractivity contribution in [3.05, 3.63) is 86.8 Å². The molecule has 160 valence electrons. The quantitative estimate of drug-likeness (QED) is 0.562. The van der Waals surface area contributed by atoms with Crippen molar-refractivity contribution in [3.8, 4) is 5.75 Å². The number of carbonyl (C=O) groups is 1. The number of sulfonamides is 1. The van der Waals surface area contributed by atoms with Crippen LogP contribution in [0.4, 0.5) is 15.8 Å². The molecule has 2 heterocycles. The maximum absolute atomic E-state index is 13.6. The lowest BCUT2D eigenvalue weighted by atomic mass is 10.2. The van der Waals surface area contributed by atoms with Gasteiger partial charge in [-0.15, -0.1) is 11.3 Å². The van der Waals surface area contributed by atoms with Crippen LogP contribution in [0, 0.1) is 12.7 Å². The van der Waals surface area contributed by atoms with Gasteiger partial charge in [0.2, 0.25) is 5.78 Å². The number of nitrogens with zero attached hydrogens (tertiary/aromatic N) is 1. The van der Waals surface area contributed by atoms with E-state index < -0.39 is 21.6 Å². The Hall–Kier alpha value is -3.17. The number of halogens is 1. The molecule has 31 heavy (non-hydrogen) atoms. The van der Waals surface area contributed by atoms with Crippen molar-refractivity contribution < 1.29 is 22.3 Å². The SMILES string of the molecule is COc1ccc(C)cc1N/C=C1/C(=O)c2sccc2N(Cc2cccc(F)c2)S1(=O)=O. The Morgan fingerprint density at radius 3 is 2.74 bits per heavy atom. The van der Waals surface area contributed by atoms with Gasteiger partial charge in [0.25, 0.3) is 10.0 Å². The molecule has 3 aromatic rings. The molecule has 1 aliphatic heterocycles. The van der Waals surface area contributed by atoms with Crippen LogP contribution in [0.3, 0.4) is 0 Å². The Morgan fingerprint density at radius 2 is 2.00 bits per heavy atom. The zero-order valence-electron chi connectivity index (χ0n) is 16.8. The molecule has 0 fully saturated rings. The highest BCUT2D eigenvalue weighted by Gasteiger charge is 2.41. The highest BCUT2D eigenvalue weighted by atomic mass is 32.2. The van der Waals surface area contributed by atoms with Crippen LogP contribution in [0.1, 0.15) is 20.8 Å².